The van der Waals surface area contributed by atoms with Crippen LogP contribution in [0.5, 0.6) is 12.0 Å². The van der Waals surface area contributed by atoms with Crippen molar-refractivity contribution in [3.8, 4) is 29.2 Å². The second-order valence-corrected chi connectivity index (χ2v) is 8.13. The standard InChI is InChI=1S/C28H28N6O2/c1-20-24(11-6-12-25(20)23-9-3-2-4-10-23)19-36-28-33-26(17-31-14-13-29)32-27(34-28)35-18-22-8-5-7-21(15-22)16-30/h2-12,15,31H,13-14,17-19,29H2,1H3. The maximum Gasteiger partial charge on any atom is 0.323 e. The molecule has 36 heavy (non-hydrogen) atoms. The molecule has 0 bridgehead atoms. The summed E-state index contributed by atoms with van der Waals surface area (Å²) in [6.45, 7) is 4.14. The average molecular weight is 481 g/mol. The number of hydrogen-bond donors (Lipinski definition) is 2. The molecule has 0 aliphatic carbocycles. The Bertz CT molecular complexity index is 1340. The van der Waals surface area contributed by atoms with Crippen molar-refractivity contribution in [2.45, 2.75) is 26.7 Å². The first-order valence-electron chi connectivity index (χ1n) is 11.7. The molecule has 8 heteroatoms. The lowest BCUT2D eigenvalue weighted by molar-refractivity contribution is 0.246. The zero-order chi connectivity index (χ0) is 25.2. The van der Waals surface area contributed by atoms with Crippen LogP contribution in [0, 0.1) is 18.3 Å². The SMILES string of the molecule is Cc1c(COc2nc(CNCCN)nc(OCc3cccc(C#N)c3)n2)cccc1-c1ccccc1. The van der Waals surface area contributed by atoms with Gasteiger partial charge in [0.2, 0.25) is 0 Å². The zero-order valence-corrected chi connectivity index (χ0v) is 20.1. The Morgan fingerprint density at radius 1 is 0.889 bits per heavy atom. The molecule has 8 nitrogen and oxygen atoms in total. The Morgan fingerprint density at radius 3 is 2.39 bits per heavy atom. The number of ether oxygens (including phenoxy) is 2. The molecule has 3 N–H and O–H groups in total. The van der Waals surface area contributed by atoms with Crippen molar-refractivity contribution in [2.24, 2.45) is 5.73 Å². The van der Waals surface area contributed by atoms with Crippen LogP contribution in [0.3, 0.4) is 0 Å². The molecule has 0 saturated heterocycles. The van der Waals surface area contributed by atoms with Gasteiger partial charge in [-0.25, -0.2) is 0 Å². The normalized spacial score (nSPS) is 10.6. The summed E-state index contributed by atoms with van der Waals surface area (Å²) in [7, 11) is 0. The fraction of sp³-hybridized carbons (Fsp3) is 0.214. The van der Waals surface area contributed by atoms with Crippen molar-refractivity contribution in [1.82, 2.24) is 20.3 Å². The fourth-order valence-corrected chi connectivity index (χ4v) is 3.68. The Morgan fingerprint density at radius 2 is 1.64 bits per heavy atom. The lowest BCUT2D eigenvalue weighted by atomic mass is 9.97. The summed E-state index contributed by atoms with van der Waals surface area (Å²) >= 11 is 0. The van der Waals surface area contributed by atoms with Crippen molar-refractivity contribution in [3.63, 3.8) is 0 Å². The topological polar surface area (TPSA) is 119 Å². The Kier molecular flexibility index (Phi) is 8.54. The minimum atomic E-state index is 0.154. The van der Waals surface area contributed by atoms with Gasteiger partial charge in [0.05, 0.1) is 18.2 Å². The monoisotopic (exact) mass is 480 g/mol. The van der Waals surface area contributed by atoms with E-state index < -0.39 is 0 Å². The molecular weight excluding hydrogens is 452 g/mol. The van der Waals surface area contributed by atoms with E-state index in [0.717, 1.165) is 27.8 Å². The third kappa shape index (κ3) is 6.63. The van der Waals surface area contributed by atoms with E-state index in [1.165, 1.54) is 0 Å². The van der Waals surface area contributed by atoms with Gasteiger partial charge in [-0.3, -0.25) is 0 Å². The minimum absolute atomic E-state index is 0.154. The molecule has 0 spiro atoms. The Hall–Kier alpha value is -4.32. The van der Waals surface area contributed by atoms with E-state index >= 15 is 0 Å². The quantitative estimate of drug-likeness (QED) is 0.310. The smallest absolute Gasteiger partial charge is 0.323 e. The molecule has 1 heterocycles. The summed E-state index contributed by atoms with van der Waals surface area (Å²) in [4.78, 5) is 13.2. The molecule has 4 aromatic rings. The third-order valence-electron chi connectivity index (χ3n) is 5.56. The number of rotatable bonds is 11. The van der Waals surface area contributed by atoms with Gasteiger partial charge in [-0.2, -0.15) is 15.2 Å². The molecule has 4 rings (SSSR count). The van der Waals surface area contributed by atoms with Gasteiger partial charge in [-0.05, 0) is 46.9 Å². The summed E-state index contributed by atoms with van der Waals surface area (Å²) in [6.07, 6.45) is 0. The molecular formula is C28H28N6O2. The lowest BCUT2D eigenvalue weighted by Gasteiger charge is -2.13. The summed E-state index contributed by atoms with van der Waals surface area (Å²) in [5, 5.41) is 12.3. The van der Waals surface area contributed by atoms with Gasteiger partial charge in [-0.15, -0.1) is 4.98 Å². The Labute approximate surface area is 210 Å². The van der Waals surface area contributed by atoms with Crippen molar-refractivity contribution in [2.75, 3.05) is 13.1 Å². The maximum atomic E-state index is 9.12. The summed E-state index contributed by atoms with van der Waals surface area (Å²) in [5.41, 5.74) is 11.5. The predicted molar refractivity (Wildman–Crippen MR) is 137 cm³/mol. The Balaban J connectivity index is 1.51. The first-order chi connectivity index (χ1) is 17.7. The first-order valence-corrected chi connectivity index (χ1v) is 11.7. The maximum absolute atomic E-state index is 9.12. The van der Waals surface area contributed by atoms with Crippen LogP contribution >= 0.6 is 0 Å². The van der Waals surface area contributed by atoms with Crippen molar-refractivity contribution >= 4 is 0 Å². The second-order valence-electron chi connectivity index (χ2n) is 8.13. The lowest BCUT2D eigenvalue weighted by Crippen LogP contribution is -2.23. The number of nitrogens with one attached hydrogen (secondary N) is 1. The van der Waals surface area contributed by atoms with E-state index in [2.05, 4.69) is 51.5 Å². The highest BCUT2D eigenvalue weighted by molar-refractivity contribution is 5.68. The van der Waals surface area contributed by atoms with Gasteiger partial charge in [0.1, 0.15) is 13.2 Å². The zero-order valence-electron chi connectivity index (χ0n) is 20.1. The van der Waals surface area contributed by atoms with Gasteiger partial charge < -0.3 is 20.5 Å². The van der Waals surface area contributed by atoms with E-state index in [0.29, 0.717) is 37.6 Å². The highest BCUT2D eigenvalue weighted by atomic mass is 16.5. The minimum Gasteiger partial charge on any atom is -0.458 e. The molecule has 0 fully saturated rings. The van der Waals surface area contributed by atoms with Crippen LogP contribution in [-0.2, 0) is 19.8 Å². The summed E-state index contributed by atoms with van der Waals surface area (Å²) in [5.74, 6) is 0.490. The molecule has 1 aromatic heterocycles. The van der Waals surface area contributed by atoms with Crippen molar-refractivity contribution in [3.05, 3.63) is 101 Å². The van der Waals surface area contributed by atoms with E-state index in [9.17, 15) is 0 Å². The van der Waals surface area contributed by atoms with Crippen LogP contribution in [0.25, 0.3) is 11.1 Å². The van der Waals surface area contributed by atoms with Gasteiger partial charge >= 0.3 is 12.0 Å². The first kappa shape index (κ1) is 24.8. The van der Waals surface area contributed by atoms with Crippen LogP contribution in [0.15, 0.2) is 72.8 Å². The molecule has 0 aliphatic heterocycles. The number of nitrogens with zero attached hydrogens (tertiary/aromatic N) is 4. The van der Waals surface area contributed by atoms with Crippen LogP contribution < -0.4 is 20.5 Å². The van der Waals surface area contributed by atoms with Gasteiger partial charge in [-0.1, -0.05) is 60.7 Å². The number of nitriles is 1. The van der Waals surface area contributed by atoms with Crippen molar-refractivity contribution < 1.29 is 9.47 Å². The van der Waals surface area contributed by atoms with E-state index in [-0.39, 0.29) is 18.6 Å². The molecule has 0 atom stereocenters. The molecule has 0 amide bonds. The molecule has 0 unspecified atom stereocenters. The van der Waals surface area contributed by atoms with Gasteiger partial charge in [0.25, 0.3) is 0 Å². The molecule has 3 aromatic carbocycles. The largest absolute Gasteiger partial charge is 0.458 e. The molecule has 0 aliphatic rings. The highest BCUT2D eigenvalue weighted by Crippen LogP contribution is 2.26. The number of benzene rings is 3. The predicted octanol–water partition coefficient (Wildman–Crippen LogP) is 3.93. The van der Waals surface area contributed by atoms with Crippen LogP contribution in [-0.4, -0.2) is 28.0 Å². The highest BCUT2D eigenvalue weighted by Gasteiger charge is 2.12. The van der Waals surface area contributed by atoms with Gasteiger partial charge in [0, 0.05) is 13.1 Å². The fourth-order valence-electron chi connectivity index (χ4n) is 3.68. The number of hydrogen-bond acceptors (Lipinski definition) is 8. The van der Waals surface area contributed by atoms with Crippen LogP contribution in [0.1, 0.15) is 28.1 Å². The number of nitrogens with two attached hydrogens (primary N) is 1. The van der Waals surface area contributed by atoms with Crippen molar-refractivity contribution in [1.29, 1.82) is 5.26 Å². The second kappa shape index (κ2) is 12.4. The number of aromatic nitrogens is 3. The molecule has 0 saturated carbocycles. The molecule has 0 radical (unpaired) electrons. The third-order valence-corrected chi connectivity index (χ3v) is 5.56. The van der Waals surface area contributed by atoms with Crippen LogP contribution in [0.2, 0.25) is 0 Å². The molecule has 182 valence electrons. The average Bonchev–Trinajstić information content (AvgIpc) is 2.92. The van der Waals surface area contributed by atoms with Gasteiger partial charge in [0.15, 0.2) is 5.82 Å². The summed E-state index contributed by atoms with van der Waals surface area (Å²) in [6, 6.07) is 26.1. The summed E-state index contributed by atoms with van der Waals surface area (Å²) < 4.78 is 11.8. The van der Waals surface area contributed by atoms with Crippen LogP contribution in [0.4, 0.5) is 0 Å². The van der Waals surface area contributed by atoms with E-state index in [1.807, 2.05) is 42.5 Å². The van der Waals surface area contributed by atoms with E-state index in [4.69, 9.17) is 20.5 Å². The van der Waals surface area contributed by atoms with E-state index in [1.54, 1.807) is 12.1 Å².